The monoisotopic (exact) mass is 575 g/mol. The van der Waals surface area contributed by atoms with Crippen molar-refractivity contribution in [3.05, 3.63) is 66.4 Å². The summed E-state index contributed by atoms with van der Waals surface area (Å²) in [5.41, 5.74) is 1.13. The Balaban J connectivity index is 1.21. The Labute approximate surface area is 225 Å². The molecule has 0 radical (unpaired) electrons. The summed E-state index contributed by atoms with van der Waals surface area (Å²) < 4.78 is 72.8. The minimum Gasteiger partial charge on any atom is -0.485 e. The molecule has 12 nitrogen and oxygen atoms in total. The van der Waals surface area contributed by atoms with Crippen LogP contribution >= 0.6 is 0 Å². The number of benzene rings is 2. The molecular formula is C25H25N3O9S2. The van der Waals surface area contributed by atoms with Gasteiger partial charge in [0.25, 0.3) is 5.91 Å². The van der Waals surface area contributed by atoms with E-state index in [4.69, 9.17) is 18.9 Å². The number of nitrogens with zero attached hydrogens (tertiary/aromatic N) is 2. The molecule has 1 amide bonds. The fraction of sp³-hybridized carbons (Fsp3) is 0.280. The van der Waals surface area contributed by atoms with E-state index in [1.807, 2.05) is 16.9 Å². The van der Waals surface area contributed by atoms with Gasteiger partial charge in [-0.05, 0) is 42.8 Å². The van der Waals surface area contributed by atoms with Gasteiger partial charge in [0.05, 0.1) is 24.2 Å². The first-order chi connectivity index (χ1) is 18.6. The standard InChI is InChI=1S/C25H25N3O9S2/c1-38(30,31)13-3-12-34-24-11-10-19(14-26-24)37-21-5-2-4-20-22(16-35-25(20)21)36-18-8-6-17(7-9-18)28-15-23(29)27-39(28,32)33/h2,4-11,14,22H,3,12-13,15-16H2,1H3,(H,27,29)/t22-/m1/s1. The Bertz CT molecular complexity index is 1580. The largest absolute Gasteiger partial charge is 0.485 e. The van der Waals surface area contributed by atoms with Crippen molar-refractivity contribution < 1.29 is 40.6 Å². The van der Waals surface area contributed by atoms with Gasteiger partial charge in [-0.25, -0.2) is 22.4 Å². The van der Waals surface area contributed by atoms with Crippen molar-refractivity contribution in [2.45, 2.75) is 12.5 Å². The second-order valence-electron chi connectivity index (χ2n) is 8.89. The lowest BCUT2D eigenvalue weighted by atomic mass is 10.1. The summed E-state index contributed by atoms with van der Waals surface area (Å²) in [6.07, 6.45) is 2.63. The lowest BCUT2D eigenvalue weighted by Gasteiger charge is -2.16. The van der Waals surface area contributed by atoms with Gasteiger partial charge in [0.2, 0.25) is 5.88 Å². The molecule has 2 aliphatic rings. The van der Waals surface area contributed by atoms with Gasteiger partial charge < -0.3 is 18.9 Å². The van der Waals surface area contributed by atoms with Gasteiger partial charge in [0.15, 0.2) is 17.6 Å². The number of ether oxygens (including phenoxy) is 4. The highest BCUT2D eigenvalue weighted by molar-refractivity contribution is 7.92. The van der Waals surface area contributed by atoms with Crippen LogP contribution in [0.1, 0.15) is 18.1 Å². The number of sulfone groups is 1. The van der Waals surface area contributed by atoms with Gasteiger partial charge in [-0.15, -0.1) is 0 Å². The Kier molecular flexibility index (Phi) is 7.23. The minimum absolute atomic E-state index is 0.0478. The number of para-hydroxylation sites is 1. The zero-order valence-corrected chi connectivity index (χ0v) is 22.4. The molecule has 1 fully saturated rings. The molecule has 1 aromatic heterocycles. The number of carbonyl (C=O) groups excluding carboxylic acids is 1. The van der Waals surface area contributed by atoms with E-state index in [1.54, 1.807) is 42.5 Å². The molecular weight excluding hydrogens is 550 g/mol. The number of carbonyl (C=O) groups is 1. The second kappa shape index (κ2) is 10.6. The highest BCUT2D eigenvalue weighted by Crippen LogP contribution is 2.43. The van der Waals surface area contributed by atoms with Crippen molar-refractivity contribution in [1.29, 1.82) is 0 Å². The summed E-state index contributed by atoms with van der Waals surface area (Å²) in [6, 6.07) is 15.2. The zero-order chi connectivity index (χ0) is 27.6. The molecule has 0 aliphatic carbocycles. The summed E-state index contributed by atoms with van der Waals surface area (Å²) in [7, 11) is -6.91. The minimum atomic E-state index is -3.88. The smallest absolute Gasteiger partial charge is 0.326 e. The van der Waals surface area contributed by atoms with Crippen molar-refractivity contribution in [2.75, 3.05) is 36.1 Å². The number of amides is 1. The number of hydrogen-bond donors (Lipinski definition) is 1. The van der Waals surface area contributed by atoms with Crippen LogP contribution in [0, 0.1) is 0 Å². The zero-order valence-electron chi connectivity index (χ0n) is 20.8. The Hall–Kier alpha value is -4.04. The first kappa shape index (κ1) is 26.6. The highest BCUT2D eigenvalue weighted by Gasteiger charge is 2.34. The molecule has 3 heterocycles. The van der Waals surface area contributed by atoms with E-state index in [0.29, 0.717) is 41.0 Å². The number of pyridine rings is 1. The van der Waals surface area contributed by atoms with Crippen molar-refractivity contribution in [1.82, 2.24) is 9.71 Å². The van der Waals surface area contributed by atoms with Crippen LogP contribution in [0.3, 0.4) is 0 Å². The van der Waals surface area contributed by atoms with Crippen molar-refractivity contribution >= 4 is 31.6 Å². The van der Waals surface area contributed by atoms with E-state index in [-0.39, 0.29) is 25.5 Å². The van der Waals surface area contributed by atoms with Gasteiger partial charge in [-0.2, -0.15) is 8.42 Å². The number of aromatic nitrogens is 1. The molecule has 3 aromatic rings. The first-order valence-electron chi connectivity index (χ1n) is 11.9. The normalized spacial score (nSPS) is 17.7. The summed E-state index contributed by atoms with van der Waals surface area (Å²) in [6.45, 7) is 0.208. The molecule has 14 heteroatoms. The van der Waals surface area contributed by atoms with Crippen molar-refractivity contribution in [3.63, 3.8) is 0 Å². The Morgan fingerprint density at radius 1 is 1.10 bits per heavy atom. The van der Waals surface area contributed by atoms with Crippen LogP contribution in [0.25, 0.3) is 0 Å². The lowest BCUT2D eigenvalue weighted by molar-refractivity contribution is -0.117. The molecule has 1 N–H and O–H groups in total. The molecule has 0 bridgehead atoms. The third kappa shape index (κ3) is 6.34. The molecule has 2 aromatic carbocycles. The van der Waals surface area contributed by atoms with E-state index in [1.165, 1.54) is 12.5 Å². The molecule has 1 saturated heterocycles. The molecule has 5 rings (SSSR count). The fourth-order valence-corrected chi connectivity index (χ4v) is 5.83. The Morgan fingerprint density at radius 2 is 1.87 bits per heavy atom. The average Bonchev–Trinajstić information content (AvgIpc) is 3.42. The first-order valence-corrected chi connectivity index (χ1v) is 15.4. The van der Waals surface area contributed by atoms with E-state index in [2.05, 4.69) is 4.98 Å². The number of nitrogens with one attached hydrogen (secondary N) is 1. The average molecular weight is 576 g/mol. The third-order valence-electron chi connectivity index (χ3n) is 5.80. The maximum Gasteiger partial charge on any atom is 0.326 e. The predicted octanol–water partition coefficient (Wildman–Crippen LogP) is 2.38. The number of fused-ring (bicyclic) bond motifs is 1. The van der Waals surface area contributed by atoms with Crippen LogP contribution < -0.4 is 28.0 Å². The van der Waals surface area contributed by atoms with Gasteiger partial charge in [0.1, 0.15) is 34.5 Å². The molecule has 206 valence electrons. The van der Waals surface area contributed by atoms with Gasteiger partial charge in [-0.3, -0.25) is 4.79 Å². The maximum atomic E-state index is 12.0. The van der Waals surface area contributed by atoms with Crippen LogP contribution in [-0.4, -0.2) is 59.5 Å². The summed E-state index contributed by atoms with van der Waals surface area (Å²) in [5, 5.41) is 0. The molecule has 2 aliphatic heterocycles. The lowest BCUT2D eigenvalue weighted by Crippen LogP contribution is -2.29. The molecule has 1 atom stereocenters. The number of rotatable bonds is 10. The van der Waals surface area contributed by atoms with Crippen LogP contribution in [-0.2, 0) is 24.8 Å². The highest BCUT2D eigenvalue weighted by atomic mass is 32.2. The number of hydrogen-bond acceptors (Lipinski definition) is 10. The fourth-order valence-electron chi connectivity index (χ4n) is 4.04. The summed E-state index contributed by atoms with van der Waals surface area (Å²) in [5.74, 6) is 1.79. The summed E-state index contributed by atoms with van der Waals surface area (Å²) >= 11 is 0. The van der Waals surface area contributed by atoms with E-state index in [0.717, 1.165) is 9.87 Å². The van der Waals surface area contributed by atoms with E-state index in [9.17, 15) is 21.6 Å². The molecule has 39 heavy (non-hydrogen) atoms. The van der Waals surface area contributed by atoms with Crippen LogP contribution in [0.2, 0.25) is 0 Å². The number of anilines is 1. The third-order valence-corrected chi connectivity index (χ3v) is 8.24. The Morgan fingerprint density at radius 3 is 2.54 bits per heavy atom. The predicted molar refractivity (Wildman–Crippen MR) is 140 cm³/mol. The molecule has 0 spiro atoms. The van der Waals surface area contributed by atoms with Gasteiger partial charge >= 0.3 is 10.2 Å². The quantitative estimate of drug-likeness (QED) is 0.357. The topological polar surface area (TPSA) is 150 Å². The SMILES string of the molecule is CS(=O)(=O)CCCOc1ccc(Oc2cccc3c2OC[C@H]3Oc2ccc(N3CC(=O)NS3(=O)=O)cc2)cn1. The molecule has 0 saturated carbocycles. The van der Waals surface area contributed by atoms with E-state index >= 15 is 0 Å². The van der Waals surface area contributed by atoms with Crippen LogP contribution in [0.4, 0.5) is 5.69 Å². The van der Waals surface area contributed by atoms with Gasteiger partial charge in [-0.1, -0.05) is 12.1 Å². The van der Waals surface area contributed by atoms with Crippen molar-refractivity contribution in [3.8, 4) is 28.9 Å². The second-order valence-corrected chi connectivity index (χ2v) is 12.7. The molecule has 0 unspecified atom stereocenters. The van der Waals surface area contributed by atoms with E-state index < -0.39 is 32.1 Å². The van der Waals surface area contributed by atoms with Gasteiger partial charge in [0, 0.05) is 17.9 Å². The summed E-state index contributed by atoms with van der Waals surface area (Å²) in [4.78, 5) is 15.7. The maximum absolute atomic E-state index is 12.0. The van der Waals surface area contributed by atoms with Crippen molar-refractivity contribution in [2.24, 2.45) is 0 Å². The van der Waals surface area contributed by atoms with Crippen LogP contribution in [0.5, 0.6) is 28.9 Å². The van der Waals surface area contributed by atoms with Crippen LogP contribution in [0.15, 0.2) is 60.8 Å².